The number of nitrogens with zero attached hydrogens (tertiary/aromatic N) is 5. The molecule has 0 saturated carbocycles. The van der Waals surface area contributed by atoms with Gasteiger partial charge in [0.1, 0.15) is 11.6 Å². The molecule has 1 aromatic heterocycles. The SMILES string of the molecule is CN1CCN(c2ccc(Nc3nccc(N(C)C(=O)Oc4cc(C(F)(F)F)ccc4Cl)n3)cc2F)CC1. The van der Waals surface area contributed by atoms with E-state index in [-0.39, 0.29) is 16.8 Å². The third-order valence-electron chi connectivity index (χ3n) is 5.76. The fourth-order valence-electron chi connectivity index (χ4n) is 3.63. The number of alkyl halides is 3. The van der Waals surface area contributed by atoms with Crippen LogP contribution in [0.2, 0.25) is 5.02 Å². The van der Waals surface area contributed by atoms with Crippen molar-refractivity contribution in [2.75, 3.05) is 55.4 Å². The number of nitrogens with one attached hydrogen (secondary N) is 1. The van der Waals surface area contributed by atoms with Crippen LogP contribution < -0.4 is 19.9 Å². The van der Waals surface area contributed by atoms with Gasteiger partial charge >= 0.3 is 12.3 Å². The van der Waals surface area contributed by atoms with Crippen molar-refractivity contribution < 1.29 is 27.1 Å². The molecule has 2 heterocycles. The molecule has 0 spiro atoms. The van der Waals surface area contributed by atoms with Crippen molar-refractivity contribution in [1.82, 2.24) is 14.9 Å². The highest BCUT2D eigenvalue weighted by molar-refractivity contribution is 6.32. The Hall–Kier alpha value is -3.64. The summed E-state index contributed by atoms with van der Waals surface area (Å²) >= 11 is 5.90. The van der Waals surface area contributed by atoms with Gasteiger partial charge in [0.05, 0.1) is 16.3 Å². The monoisotopic (exact) mass is 538 g/mol. The van der Waals surface area contributed by atoms with Gasteiger partial charge in [-0.15, -0.1) is 0 Å². The van der Waals surface area contributed by atoms with Crippen molar-refractivity contribution in [2.24, 2.45) is 0 Å². The van der Waals surface area contributed by atoms with Crippen molar-refractivity contribution in [3.05, 3.63) is 65.1 Å². The largest absolute Gasteiger partial charge is 0.420 e. The van der Waals surface area contributed by atoms with E-state index in [4.69, 9.17) is 16.3 Å². The Kier molecular flexibility index (Phi) is 7.69. The van der Waals surface area contributed by atoms with Gasteiger partial charge in [0.2, 0.25) is 5.95 Å². The number of likely N-dealkylation sites (N-methyl/N-ethyl adjacent to an activating group) is 1. The van der Waals surface area contributed by atoms with Crippen LogP contribution >= 0.6 is 11.6 Å². The van der Waals surface area contributed by atoms with Crippen molar-refractivity contribution >= 4 is 40.8 Å². The smallest absolute Gasteiger partial charge is 0.408 e. The van der Waals surface area contributed by atoms with Crippen LogP contribution in [0.3, 0.4) is 0 Å². The highest BCUT2D eigenvalue weighted by Gasteiger charge is 2.31. The van der Waals surface area contributed by atoms with Gasteiger partial charge in [-0.05, 0) is 49.5 Å². The van der Waals surface area contributed by atoms with E-state index in [1.807, 2.05) is 11.9 Å². The molecule has 8 nitrogen and oxygen atoms in total. The predicted octanol–water partition coefficient (Wildman–Crippen LogP) is 5.42. The van der Waals surface area contributed by atoms with Crippen LogP contribution in [0.5, 0.6) is 5.75 Å². The van der Waals surface area contributed by atoms with Gasteiger partial charge in [0.25, 0.3) is 0 Å². The number of amides is 1. The lowest BCUT2D eigenvalue weighted by Gasteiger charge is -2.34. The molecule has 0 radical (unpaired) electrons. The summed E-state index contributed by atoms with van der Waals surface area (Å²) in [5, 5.41) is 2.72. The summed E-state index contributed by atoms with van der Waals surface area (Å²) in [4.78, 5) is 26.0. The zero-order valence-electron chi connectivity index (χ0n) is 19.9. The molecular weight excluding hydrogens is 516 g/mol. The van der Waals surface area contributed by atoms with Gasteiger partial charge in [-0.3, -0.25) is 4.90 Å². The van der Waals surface area contributed by atoms with Crippen molar-refractivity contribution in [2.45, 2.75) is 6.18 Å². The minimum absolute atomic E-state index is 0.0704. The molecule has 1 aliphatic heterocycles. The Morgan fingerprint density at radius 3 is 2.51 bits per heavy atom. The maximum Gasteiger partial charge on any atom is 0.420 e. The van der Waals surface area contributed by atoms with E-state index in [1.54, 1.807) is 12.1 Å². The van der Waals surface area contributed by atoms with Crippen LogP contribution in [0.25, 0.3) is 0 Å². The molecule has 1 amide bonds. The van der Waals surface area contributed by atoms with Crippen LogP contribution in [0, 0.1) is 5.82 Å². The molecule has 3 aromatic rings. The number of anilines is 4. The molecule has 1 N–H and O–H groups in total. The van der Waals surface area contributed by atoms with E-state index in [0.29, 0.717) is 17.4 Å². The lowest BCUT2D eigenvalue weighted by atomic mass is 10.2. The molecule has 1 fully saturated rings. The van der Waals surface area contributed by atoms with Gasteiger partial charge in [-0.2, -0.15) is 18.2 Å². The van der Waals surface area contributed by atoms with E-state index < -0.39 is 29.4 Å². The first-order chi connectivity index (χ1) is 17.5. The maximum absolute atomic E-state index is 14.8. The molecule has 4 rings (SSSR count). The van der Waals surface area contributed by atoms with Crippen molar-refractivity contribution in [1.29, 1.82) is 0 Å². The number of hydrogen-bond acceptors (Lipinski definition) is 7. The molecule has 37 heavy (non-hydrogen) atoms. The maximum atomic E-state index is 14.8. The van der Waals surface area contributed by atoms with E-state index in [1.165, 1.54) is 25.4 Å². The minimum atomic E-state index is -4.63. The molecule has 0 unspecified atom stereocenters. The lowest BCUT2D eigenvalue weighted by molar-refractivity contribution is -0.137. The third-order valence-corrected chi connectivity index (χ3v) is 6.07. The summed E-state index contributed by atoms with van der Waals surface area (Å²) in [5.74, 6) is -0.692. The highest BCUT2D eigenvalue weighted by atomic mass is 35.5. The molecular formula is C24H23ClF4N6O2. The van der Waals surface area contributed by atoms with E-state index in [2.05, 4.69) is 20.2 Å². The fourth-order valence-corrected chi connectivity index (χ4v) is 3.78. The van der Waals surface area contributed by atoms with E-state index in [0.717, 1.165) is 43.2 Å². The zero-order valence-corrected chi connectivity index (χ0v) is 20.6. The van der Waals surface area contributed by atoms with Crippen molar-refractivity contribution in [3.63, 3.8) is 0 Å². The van der Waals surface area contributed by atoms with Crippen LogP contribution in [0.4, 0.5) is 45.5 Å². The molecule has 1 saturated heterocycles. The number of hydrogen-bond donors (Lipinski definition) is 1. The third kappa shape index (κ3) is 6.38. The fraction of sp³-hybridized carbons (Fsp3) is 0.292. The number of rotatable bonds is 5. The Balaban J connectivity index is 1.45. The second-order valence-electron chi connectivity index (χ2n) is 8.39. The Morgan fingerprint density at radius 2 is 1.84 bits per heavy atom. The Morgan fingerprint density at radius 1 is 1.11 bits per heavy atom. The number of halogens is 5. The minimum Gasteiger partial charge on any atom is -0.408 e. The summed E-state index contributed by atoms with van der Waals surface area (Å²) in [6, 6.07) is 8.52. The number of piperazine rings is 1. The predicted molar refractivity (Wildman–Crippen MR) is 132 cm³/mol. The first kappa shape index (κ1) is 26.4. The number of carbonyl (C=O) groups excluding carboxylic acids is 1. The van der Waals surface area contributed by atoms with Crippen LogP contribution in [-0.4, -0.2) is 61.2 Å². The van der Waals surface area contributed by atoms with Crippen LogP contribution in [0.1, 0.15) is 5.56 Å². The Labute approximate surface area is 215 Å². The van der Waals surface area contributed by atoms with Gasteiger partial charge in [0, 0.05) is 45.1 Å². The standard InChI is InChI=1S/C24H23ClF4N6O2/c1-33-9-11-35(12-10-33)19-6-4-16(14-18(19)26)31-22-30-8-7-21(32-22)34(2)23(36)37-20-13-15(24(27,28)29)3-5-17(20)25/h3-8,13-14H,9-12H2,1-2H3,(H,30,31,32). The average molecular weight is 539 g/mol. The van der Waals surface area contributed by atoms with Crippen LogP contribution in [0.15, 0.2) is 48.7 Å². The molecule has 2 aromatic carbocycles. The molecule has 0 aliphatic carbocycles. The summed E-state index contributed by atoms with van der Waals surface area (Å²) < 4.78 is 58.9. The number of carbonyl (C=O) groups is 1. The van der Waals surface area contributed by atoms with E-state index >= 15 is 0 Å². The average Bonchev–Trinajstić information content (AvgIpc) is 2.85. The molecule has 0 bridgehead atoms. The second kappa shape index (κ2) is 10.8. The number of ether oxygens (including phenoxy) is 1. The quantitative estimate of drug-likeness (QED) is 0.435. The molecule has 196 valence electrons. The number of aromatic nitrogens is 2. The van der Waals surface area contributed by atoms with Crippen LogP contribution in [-0.2, 0) is 6.18 Å². The normalized spacial score (nSPS) is 14.4. The van der Waals surface area contributed by atoms with Gasteiger partial charge in [0.15, 0.2) is 5.75 Å². The summed E-state index contributed by atoms with van der Waals surface area (Å²) in [5.41, 5.74) is -0.112. The van der Waals surface area contributed by atoms with Crippen molar-refractivity contribution in [3.8, 4) is 5.75 Å². The molecule has 13 heteroatoms. The molecule has 0 atom stereocenters. The summed E-state index contributed by atoms with van der Waals surface area (Å²) in [7, 11) is 3.34. The second-order valence-corrected chi connectivity index (χ2v) is 8.80. The summed E-state index contributed by atoms with van der Waals surface area (Å²) in [6.07, 6.45) is -4.29. The van der Waals surface area contributed by atoms with Gasteiger partial charge in [-0.1, -0.05) is 11.6 Å². The zero-order chi connectivity index (χ0) is 26.7. The highest BCUT2D eigenvalue weighted by Crippen LogP contribution is 2.35. The van der Waals surface area contributed by atoms with Gasteiger partial charge < -0.3 is 19.9 Å². The lowest BCUT2D eigenvalue weighted by Crippen LogP contribution is -2.44. The first-order valence-electron chi connectivity index (χ1n) is 11.2. The number of benzene rings is 2. The topological polar surface area (TPSA) is 73.8 Å². The molecule has 1 aliphatic rings. The van der Waals surface area contributed by atoms with Gasteiger partial charge in [-0.25, -0.2) is 14.2 Å². The Bertz CT molecular complexity index is 1280. The first-order valence-corrected chi connectivity index (χ1v) is 11.5. The summed E-state index contributed by atoms with van der Waals surface area (Å²) in [6.45, 7) is 3.13. The van der Waals surface area contributed by atoms with E-state index in [9.17, 15) is 22.4 Å².